The van der Waals surface area contributed by atoms with Crippen LogP contribution in [0.2, 0.25) is 0 Å². The van der Waals surface area contributed by atoms with E-state index in [0.717, 1.165) is 27.2 Å². The van der Waals surface area contributed by atoms with Gasteiger partial charge in [0.05, 0.1) is 21.3 Å². The van der Waals surface area contributed by atoms with Gasteiger partial charge in [-0.2, -0.15) is 0 Å². The zero-order chi connectivity index (χ0) is 18.8. The van der Waals surface area contributed by atoms with Crippen molar-refractivity contribution in [3.8, 4) is 10.6 Å². The van der Waals surface area contributed by atoms with Crippen LogP contribution in [0.5, 0.6) is 0 Å². The largest absolute Gasteiger partial charge is 0.382 e. The van der Waals surface area contributed by atoms with E-state index in [0.29, 0.717) is 22.1 Å². The first-order valence-corrected chi connectivity index (χ1v) is 9.98. The van der Waals surface area contributed by atoms with Crippen LogP contribution in [0.15, 0.2) is 36.0 Å². The molecule has 4 rings (SSSR count). The number of fused-ring (bicyclic) bond motifs is 1. The first-order valence-electron chi connectivity index (χ1n) is 8.28. The Hall–Kier alpha value is -2.91. The lowest BCUT2D eigenvalue weighted by Crippen LogP contribution is -2.11. The Morgan fingerprint density at radius 1 is 1.15 bits per heavy atom. The van der Waals surface area contributed by atoms with Gasteiger partial charge >= 0.3 is 0 Å². The summed E-state index contributed by atoms with van der Waals surface area (Å²) < 4.78 is 1.12. The fourth-order valence-electron chi connectivity index (χ4n) is 2.60. The van der Waals surface area contributed by atoms with Crippen molar-refractivity contribution in [2.75, 3.05) is 10.6 Å². The summed E-state index contributed by atoms with van der Waals surface area (Å²) in [7, 11) is 0. The van der Waals surface area contributed by atoms with Crippen molar-refractivity contribution in [3.63, 3.8) is 0 Å². The number of nitrogens with zero attached hydrogens (tertiary/aromatic N) is 4. The Bertz CT molecular complexity index is 1100. The fraction of sp³-hybridized carbons (Fsp3) is 0.167. The molecule has 3 aromatic heterocycles. The highest BCUT2D eigenvalue weighted by Crippen LogP contribution is 2.32. The van der Waals surface area contributed by atoms with E-state index in [4.69, 9.17) is 0 Å². The number of aromatic nitrogens is 4. The van der Waals surface area contributed by atoms with E-state index in [-0.39, 0.29) is 6.04 Å². The normalized spacial score (nSPS) is 11.1. The lowest BCUT2D eigenvalue weighted by molar-refractivity contribution is 0.112. The van der Waals surface area contributed by atoms with Crippen LogP contribution in [0.4, 0.5) is 17.2 Å². The van der Waals surface area contributed by atoms with Crippen molar-refractivity contribution in [3.05, 3.63) is 41.0 Å². The zero-order valence-electron chi connectivity index (χ0n) is 14.6. The molecule has 0 unspecified atom stereocenters. The molecule has 0 saturated carbocycles. The van der Waals surface area contributed by atoms with Crippen LogP contribution < -0.4 is 10.6 Å². The van der Waals surface area contributed by atoms with E-state index in [1.54, 1.807) is 17.5 Å². The maximum absolute atomic E-state index is 10.9. The molecule has 0 radical (unpaired) electrons. The molecule has 2 N–H and O–H groups in total. The van der Waals surface area contributed by atoms with Crippen LogP contribution in [-0.4, -0.2) is 32.5 Å². The van der Waals surface area contributed by atoms with Crippen LogP contribution in [0.3, 0.4) is 0 Å². The van der Waals surface area contributed by atoms with Crippen molar-refractivity contribution >= 4 is 56.4 Å². The molecule has 0 spiro atoms. The molecule has 0 aliphatic rings. The SMILES string of the molecule is CC(C)Nc1cc(Nc2ccc3ncsc3c2)ncc1-c1nnc(C=O)s1. The van der Waals surface area contributed by atoms with Crippen LogP contribution in [0.1, 0.15) is 23.6 Å². The Morgan fingerprint density at radius 2 is 2.04 bits per heavy atom. The average molecular weight is 397 g/mol. The van der Waals surface area contributed by atoms with E-state index >= 15 is 0 Å². The third-order valence-electron chi connectivity index (χ3n) is 3.72. The van der Waals surface area contributed by atoms with Gasteiger partial charge in [-0.05, 0) is 32.0 Å². The number of carbonyl (C=O) groups excluding carboxylic acids is 1. The molecule has 3 heterocycles. The number of thiazole rings is 1. The number of carbonyl (C=O) groups is 1. The molecule has 27 heavy (non-hydrogen) atoms. The minimum absolute atomic E-state index is 0.228. The second kappa shape index (κ2) is 7.37. The van der Waals surface area contributed by atoms with E-state index in [1.165, 1.54) is 11.3 Å². The third-order valence-corrected chi connectivity index (χ3v) is 5.40. The smallest absolute Gasteiger partial charge is 0.180 e. The maximum atomic E-state index is 10.9. The molecule has 9 heteroatoms. The van der Waals surface area contributed by atoms with E-state index in [9.17, 15) is 4.79 Å². The van der Waals surface area contributed by atoms with Crippen molar-refractivity contribution in [2.24, 2.45) is 0 Å². The Morgan fingerprint density at radius 3 is 2.81 bits per heavy atom. The number of hydrogen-bond donors (Lipinski definition) is 2. The highest BCUT2D eigenvalue weighted by Gasteiger charge is 2.14. The first kappa shape index (κ1) is 17.5. The summed E-state index contributed by atoms with van der Waals surface area (Å²) in [4.78, 5) is 19.7. The van der Waals surface area contributed by atoms with Gasteiger partial charge in [-0.25, -0.2) is 9.97 Å². The van der Waals surface area contributed by atoms with E-state index in [2.05, 4.69) is 50.7 Å². The summed E-state index contributed by atoms with van der Waals surface area (Å²) in [5, 5.41) is 15.7. The van der Waals surface area contributed by atoms with Crippen molar-refractivity contribution < 1.29 is 4.79 Å². The summed E-state index contributed by atoms with van der Waals surface area (Å²) >= 11 is 2.84. The van der Waals surface area contributed by atoms with Gasteiger partial charge in [0.25, 0.3) is 0 Å². The molecule has 136 valence electrons. The topological polar surface area (TPSA) is 92.7 Å². The minimum Gasteiger partial charge on any atom is -0.382 e. The molecule has 0 aliphatic heterocycles. The lowest BCUT2D eigenvalue weighted by Gasteiger charge is -2.15. The highest BCUT2D eigenvalue weighted by molar-refractivity contribution is 7.16. The number of rotatable bonds is 6. The molecule has 0 atom stereocenters. The van der Waals surface area contributed by atoms with Crippen LogP contribution in [0, 0.1) is 0 Å². The quantitative estimate of drug-likeness (QED) is 0.461. The summed E-state index contributed by atoms with van der Waals surface area (Å²) in [5.74, 6) is 0.714. The van der Waals surface area contributed by atoms with Gasteiger partial charge < -0.3 is 10.6 Å². The summed E-state index contributed by atoms with van der Waals surface area (Å²) in [6, 6.07) is 8.19. The molecule has 4 aromatic rings. The average Bonchev–Trinajstić information content (AvgIpc) is 3.30. The molecular weight excluding hydrogens is 380 g/mol. The molecule has 0 fully saturated rings. The van der Waals surface area contributed by atoms with Gasteiger partial charge in [-0.3, -0.25) is 4.79 Å². The molecular formula is C18H16N6OS2. The van der Waals surface area contributed by atoms with Gasteiger partial charge in [-0.15, -0.1) is 21.5 Å². The Kier molecular flexibility index (Phi) is 4.78. The van der Waals surface area contributed by atoms with Crippen LogP contribution in [0.25, 0.3) is 20.8 Å². The Balaban J connectivity index is 1.67. The maximum Gasteiger partial charge on any atom is 0.180 e. The van der Waals surface area contributed by atoms with Gasteiger partial charge in [0.1, 0.15) is 5.82 Å². The van der Waals surface area contributed by atoms with Crippen LogP contribution >= 0.6 is 22.7 Å². The zero-order valence-corrected chi connectivity index (χ0v) is 16.3. The fourth-order valence-corrected chi connectivity index (χ4v) is 3.99. The molecule has 0 saturated heterocycles. The monoisotopic (exact) mass is 396 g/mol. The summed E-state index contributed by atoms with van der Waals surface area (Å²) in [6.07, 6.45) is 2.45. The van der Waals surface area contributed by atoms with E-state index < -0.39 is 0 Å². The van der Waals surface area contributed by atoms with Crippen molar-refractivity contribution in [1.82, 2.24) is 20.2 Å². The van der Waals surface area contributed by atoms with E-state index in [1.807, 2.05) is 23.7 Å². The van der Waals surface area contributed by atoms with Crippen LogP contribution in [-0.2, 0) is 0 Å². The molecule has 0 bridgehead atoms. The van der Waals surface area contributed by atoms with Crippen molar-refractivity contribution in [2.45, 2.75) is 19.9 Å². The lowest BCUT2D eigenvalue weighted by atomic mass is 10.2. The van der Waals surface area contributed by atoms with Gasteiger partial charge in [0.2, 0.25) is 0 Å². The predicted octanol–water partition coefficient (Wildman–Crippen LogP) is 4.59. The molecule has 1 aromatic carbocycles. The van der Waals surface area contributed by atoms with Gasteiger partial charge in [0.15, 0.2) is 16.3 Å². The minimum atomic E-state index is 0.228. The predicted molar refractivity (Wildman–Crippen MR) is 110 cm³/mol. The number of pyridine rings is 1. The number of anilines is 3. The van der Waals surface area contributed by atoms with Gasteiger partial charge in [-0.1, -0.05) is 11.3 Å². The second-order valence-corrected chi connectivity index (χ2v) is 8.03. The molecule has 0 amide bonds. The molecule has 0 aliphatic carbocycles. The number of hydrogen-bond acceptors (Lipinski definition) is 9. The summed E-state index contributed by atoms with van der Waals surface area (Å²) in [6.45, 7) is 4.12. The Labute approximate surface area is 163 Å². The summed E-state index contributed by atoms with van der Waals surface area (Å²) in [5.41, 5.74) is 5.47. The number of benzene rings is 1. The van der Waals surface area contributed by atoms with Gasteiger partial charge in [0, 0.05) is 29.7 Å². The molecule has 7 nitrogen and oxygen atoms in total. The number of nitrogens with one attached hydrogen (secondary N) is 2. The number of aldehydes is 1. The standard InChI is InChI=1S/C18H16N6OS2/c1-10(2)21-14-6-16(19-7-12(14)18-24-23-17(8-25)27-18)22-11-3-4-13-15(5-11)26-9-20-13/h3-10H,1-2H3,(H2,19,21,22). The van der Waals surface area contributed by atoms with Crippen molar-refractivity contribution in [1.29, 1.82) is 0 Å². The first-order chi connectivity index (χ1) is 13.1. The third kappa shape index (κ3) is 3.79. The highest BCUT2D eigenvalue weighted by atomic mass is 32.1. The second-order valence-electron chi connectivity index (χ2n) is 6.14.